The van der Waals surface area contributed by atoms with E-state index in [0.717, 1.165) is 5.56 Å². The summed E-state index contributed by atoms with van der Waals surface area (Å²) in [4.78, 5) is 16.3. The molecule has 2 aromatic rings. The molecule has 6 heteroatoms. The average Bonchev–Trinajstić information content (AvgIpc) is 2.47. The predicted molar refractivity (Wildman–Crippen MR) is 86.2 cm³/mol. The number of nitrogens with one attached hydrogen (secondary N) is 1. The molecule has 0 aliphatic carbocycles. The summed E-state index contributed by atoms with van der Waals surface area (Å²) in [5.74, 6) is -0.366. The highest BCUT2D eigenvalue weighted by Crippen LogP contribution is 2.22. The lowest BCUT2D eigenvalue weighted by Crippen LogP contribution is -2.29. The highest BCUT2D eigenvalue weighted by Gasteiger charge is 2.18. The summed E-state index contributed by atoms with van der Waals surface area (Å²) in [5, 5.41) is 4.00. The van der Waals surface area contributed by atoms with E-state index < -0.39 is 0 Å². The Morgan fingerprint density at radius 1 is 1.24 bits per heavy atom. The van der Waals surface area contributed by atoms with E-state index in [2.05, 4.69) is 10.3 Å². The van der Waals surface area contributed by atoms with Gasteiger partial charge in [-0.25, -0.2) is 4.98 Å². The number of halogens is 3. The van der Waals surface area contributed by atoms with Crippen LogP contribution in [-0.4, -0.2) is 10.9 Å². The lowest BCUT2D eigenvalue weighted by atomic mass is 10.0. The molecule has 0 aliphatic heterocycles. The predicted octanol–water partition coefficient (Wildman–Crippen LogP) is 4.92. The van der Waals surface area contributed by atoms with E-state index >= 15 is 0 Å². The zero-order chi connectivity index (χ0) is 15.4. The van der Waals surface area contributed by atoms with E-state index in [4.69, 9.17) is 34.8 Å². The molecule has 1 aromatic carbocycles. The zero-order valence-electron chi connectivity index (χ0n) is 11.2. The molecular formula is C15H13Cl3N2O. The molecule has 1 unspecified atom stereocenters. The highest BCUT2D eigenvalue weighted by molar-refractivity contribution is 6.34. The van der Waals surface area contributed by atoms with E-state index in [1.54, 1.807) is 12.1 Å². The fourth-order valence-corrected chi connectivity index (χ4v) is 2.49. The second-order valence-corrected chi connectivity index (χ2v) is 5.68. The Kier molecular flexibility index (Phi) is 5.45. The molecule has 2 rings (SSSR count). The van der Waals surface area contributed by atoms with Crippen LogP contribution < -0.4 is 5.32 Å². The van der Waals surface area contributed by atoms with Gasteiger partial charge in [-0.15, -0.1) is 0 Å². The van der Waals surface area contributed by atoms with Crippen LogP contribution in [-0.2, 0) is 0 Å². The van der Waals surface area contributed by atoms with Gasteiger partial charge in [0, 0.05) is 5.02 Å². The molecule has 3 nitrogen and oxygen atoms in total. The topological polar surface area (TPSA) is 42.0 Å². The van der Waals surface area contributed by atoms with Crippen molar-refractivity contribution in [3.63, 3.8) is 0 Å². The molecule has 0 saturated heterocycles. The van der Waals surface area contributed by atoms with Gasteiger partial charge in [0.1, 0.15) is 10.8 Å². The Hall–Kier alpha value is -1.29. The zero-order valence-corrected chi connectivity index (χ0v) is 13.5. The van der Waals surface area contributed by atoms with Gasteiger partial charge in [0.15, 0.2) is 0 Å². The molecule has 0 spiro atoms. The fraction of sp³-hybridized carbons (Fsp3) is 0.200. The largest absolute Gasteiger partial charge is 0.344 e. The van der Waals surface area contributed by atoms with Crippen LogP contribution in [0.3, 0.4) is 0 Å². The van der Waals surface area contributed by atoms with Crippen LogP contribution in [0.1, 0.15) is 35.4 Å². The van der Waals surface area contributed by atoms with Crippen molar-refractivity contribution in [3.8, 4) is 0 Å². The van der Waals surface area contributed by atoms with Crippen LogP contribution in [0.25, 0.3) is 0 Å². The Morgan fingerprint density at radius 2 is 2.00 bits per heavy atom. The summed E-state index contributed by atoms with van der Waals surface area (Å²) in [5.41, 5.74) is 1.04. The van der Waals surface area contributed by atoms with E-state index in [1.807, 2.05) is 25.1 Å². The van der Waals surface area contributed by atoms with Crippen molar-refractivity contribution in [1.29, 1.82) is 0 Å². The first-order valence-corrected chi connectivity index (χ1v) is 7.53. The van der Waals surface area contributed by atoms with Crippen LogP contribution in [0.2, 0.25) is 15.2 Å². The second kappa shape index (κ2) is 7.12. The maximum atomic E-state index is 12.3. The Bertz CT molecular complexity index is 661. The number of amides is 1. The van der Waals surface area contributed by atoms with Crippen molar-refractivity contribution in [2.45, 2.75) is 19.4 Å². The quantitative estimate of drug-likeness (QED) is 0.800. The first-order chi connectivity index (χ1) is 10.0. The van der Waals surface area contributed by atoms with Crippen molar-refractivity contribution >= 4 is 40.7 Å². The number of nitrogens with zero attached hydrogens (tertiary/aromatic N) is 1. The fourth-order valence-electron chi connectivity index (χ4n) is 1.95. The molecule has 21 heavy (non-hydrogen) atoms. The van der Waals surface area contributed by atoms with Gasteiger partial charge in [0.2, 0.25) is 0 Å². The molecule has 0 aliphatic rings. The number of hydrogen-bond donors (Lipinski definition) is 1. The van der Waals surface area contributed by atoms with E-state index in [0.29, 0.717) is 11.4 Å². The molecule has 1 heterocycles. The Morgan fingerprint density at radius 3 is 2.67 bits per heavy atom. The van der Waals surface area contributed by atoms with Crippen LogP contribution >= 0.6 is 34.8 Å². The summed E-state index contributed by atoms with van der Waals surface area (Å²) in [7, 11) is 0. The third-order valence-electron chi connectivity index (χ3n) is 2.99. The number of carbonyl (C=O) groups excluding carboxylic acids is 1. The third-order valence-corrected chi connectivity index (χ3v) is 3.74. The molecular weight excluding hydrogens is 331 g/mol. The summed E-state index contributed by atoms with van der Waals surface area (Å²) < 4.78 is 0. The monoisotopic (exact) mass is 342 g/mol. The van der Waals surface area contributed by atoms with Crippen molar-refractivity contribution in [2.75, 3.05) is 0 Å². The third kappa shape index (κ3) is 4.10. The second-order valence-electron chi connectivity index (χ2n) is 4.45. The lowest BCUT2D eigenvalue weighted by molar-refractivity contribution is 0.0930. The van der Waals surface area contributed by atoms with Crippen molar-refractivity contribution < 1.29 is 4.79 Å². The van der Waals surface area contributed by atoms with Gasteiger partial charge < -0.3 is 5.32 Å². The number of hydrogen-bond acceptors (Lipinski definition) is 2. The summed E-state index contributed by atoms with van der Waals surface area (Å²) in [6, 6.07) is 10.3. The summed E-state index contributed by atoms with van der Waals surface area (Å²) in [6.07, 6.45) is 0.713. The van der Waals surface area contributed by atoms with Crippen LogP contribution in [0.15, 0.2) is 36.4 Å². The smallest absolute Gasteiger partial charge is 0.271 e. The first kappa shape index (κ1) is 16.1. The normalized spacial score (nSPS) is 12.0. The maximum absolute atomic E-state index is 12.3. The molecule has 1 amide bonds. The van der Waals surface area contributed by atoms with Gasteiger partial charge in [0.05, 0.1) is 11.1 Å². The minimum absolute atomic E-state index is 0.115. The molecule has 0 saturated carbocycles. The van der Waals surface area contributed by atoms with Crippen molar-refractivity contribution in [1.82, 2.24) is 10.3 Å². The number of pyridine rings is 1. The lowest BCUT2D eigenvalue weighted by Gasteiger charge is -2.18. The molecule has 110 valence electrons. The number of rotatable bonds is 4. The molecule has 0 bridgehead atoms. The molecule has 0 radical (unpaired) electrons. The van der Waals surface area contributed by atoms with Gasteiger partial charge in [-0.05, 0) is 36.2 Å². The van der Waals surface area contributed by atoms with Crippen LogP contribution in [0.5, 0.6) is 0 Å². The minimum Gasteiger partial charge on any atom is -0.344 e. The van der Waals surface area contributed by atoms with Gasteiger partial charge in [-0.1, -0.05) is 53.9 Å². The maximum Gasteiger partial charge on any atom is 0.271 e. The minimum atomic E-state index is -0.366. The Labute approximate surface area is 138 Å². The van der Waals surface area contributed by atoms with E-state index in [-0.39, 0.29) is 27.8 Å². The number of aromatic nitrogens is 1. The van der Waals surface area contributed by atoms with Gasteiger partial charge in [0.25, 0.3) is 5.91 Å². The highest BCUT2D eigenvalue weighted by atomic mass is 35.5. The van der Waals surface area contributed by atoms with Gasteiger partial charge in [-0.2, -0.15) is 0 Å². The van der Waals surface area contributed by atoms with Gasteiger partial charge in [-0.3, -0.25) is 4.79 Å². The average molecular weight is 344 g/mol. The molecule has 0 fully saturated rings. The molecule has 1 N–H and O–H groups in total. The number of benzene rings is 1. The standard InChI is InChI=1S/C15H13Cl3N2O/c1-2-12(9-4-3-5-10(16)8-9)19-15(21)14-11(17)6-7-13(18)20-14/h3-8,12H,2H2,1H3,(H,19,21). The van der Waals surface area contributed by atoms with E-state index in [1.165, 1.54) is 6.07 Å². The first-order valence-electron chi connectivity index (χ1n) is 6.39. The summed E-state index contributed by atoms with van der Waals surface area (Å²) >= 11 is 17.8. The molecule has 1 aromatic heterocycles. The van der Waals surface area contributed by atoms with Crippen LogP contribution in [0, 0.1) is 0 Å². The summed E-state index contributed by atoms with van der Waals surface area (Å²) in [6.45, 7) is 1.97. The van der Waals surface area contributed by atoms with Gasteiger partial charge >= 0.3 is 0 Å². The van der Waals surface area contributed by atoms with Crippen molar-refractivity contribution in [2.24, 2.45) is 0 Å². The van der Waals surface area contributed by atoms with Crippen LogP contribution in [0.4, 0.5) is 0 Å². The van der Waals surface area contributed by atoms with Crippen molar-refractivity contribution in [3.05, 3.63) is 62.9 Å². The molecule has 1 atom stereocenters. The Balaban J connectivity index is 2.22. The SMILES string of the molecule is CCC(NC(=O)c1nc(Cl)ccc1Cl)c1cccc(Cl)c1. The number of carbonyl (C=O) groups is 1. The van der Waals surface area contributed by atoms with E-state index in [9.17, 15) is 4.79 Å².